The van der Waals surface area contributed by atoms with Crippen molar-refractivity contribution in [2.24, 2.45) is 4.99 Å². The highest BCUT2D eigenvalue weighted by molar-refractivity contribution is 7.12. The predicted molar refractivity (Wildman–Crippen MR) is 103 cm³/mol. The molecule has 2 aromatic rings. The number of guanidine groups is 1. The molecule has 5 nitrogen and oxygen atoms in total. The maximum atomic E-state index is 11.8. The summed E-state index contributed by atoms with van der Waals surface area (Å²) in [4.78, 5) is 19.5. The Morgan fingerprint density at radius 1 is 1.12 bits per heavy atom. The number of hydrogen-bond donors (Lipinski definition) is 3. The molecule has 1 amide bonds. The van der Waals surface area contributed by atoms with E-state index in [2.05, 4.69) is 40.0 Å². The van der Waals surface area contributed by atoms with Crippen LogP contribution < -0.4 is 16.0 Å². The van der Waals surface area contributed by atoms with E-state index in [-0.39, 0.29) is 5.91 Å². The summed E-state index contributed by atoms with van der Waals surface area (Å²) >= 11 is 3.28. The maximum Gasteiger partial charge on any atom is 0.261 e. The van der Waals surface area contributed by atoms with E-state index in [4.69, 9.17) is 0 Å². The molecule has 0 saturated carbocycles. The Balaban J connectivity index is 1.60. The molecular formula is C17H24N4OS2. The topological polar surface area (TPSA) is 65.5 Å². The van der Waals surface area contributed by atoms with E-state index in [1.807, 2.05) is 28.8 Å². The molecule has 0 aliphatic heterocycles. The van der Waals surface area contributed by atoms with Gasteiger partial charge in [0.15, 0.2) is 5.96 Å². The molecule has 7 heteroatoms. The zero-order chi connectivity index (χ0) is 17.2. The Bertz CT molecular complexity index is 649. The highest BCUT2D eigenvalue weighted by Crippen LogP contribution is 2.16. The van der Waals surface area contributed by atoms with Crippen LogP contribution in [-0.2, 0) is 13.0 Å². The third-order valence-corrected chi connectivity index (χ3v) is 5.49. The van der Waals surface area contributed by atoms with E-state index in [1.54, 1.807) is 7.05 Å². The molecule has 0 aliphatic rings. The summed E-state index contributed by atoms with van der Waals surface area (Å²) in [5.74, 6) is 0.781. The number of nitrogens with one attached hydrogen (secondary N) is 3. The zero-order valence-electron chi connectivity index (χ0n) is 14.1. The lowest BCUT2D eigenvalue weighted by Crippen LogP contribution is -2.38. The van der Waals surface area contributed by atoms with Gasteiger partial charge in [-0.2, -0.15) is 0 Å². The van der Waals surface area contributed by atoms with Gasteiger partial charge in [-0.15, -0.1) is 22.7 Å². The van der Waals surface area contributed by atoms with Crippen molar-refractivity contribution in [2.75, 3.05) is 20.1 Å². The average Bonchev–Trinajstić information content (AvgIpc) is 3.28. The van der Waals surface area contributed by atoms with Gasteiger partial charge in [-0.1, -0.05) is 13.0 Å². The molecule has 2 aromatic heterocycles. The smallest absolute Gasteiger partial charge is 0.261 e. The van der Waals surface area contributed by atoms with Crippen LogP contribution in [-0.4, -0.2) is 32.0 Å². The summed E-state index contributed by atoms with van der Waals surface area (Å²) in [5.41, 5.74) is 0. The lowest BCUT2D eigenvalue weighted by molar-refractivity contribution is 0.0957. The van der Waals surface area contributed by atoms with Gasteiger partial charge in [0.1, 0.15) is 0 Å². The summed E-state index contributed by atoms with van der Waals surface area (Å²) in [6.45, 7) is 4.35. The first-order valence-electron chi connectivity index (χ1n) is 8.06. The summed E-state index contributed by atoms with van der Waals surface area (Å²) in [6, 6.07) is 8.05. The SMILES string of the molecule is CCc1ccc(CNC(=NC)NCCCNC(=O)c2cccs2)s1. The van der Waals surface area contributed by atoms with Crippen LogP contribution in [0.2, 0.25) is 0 Å². The molecule has 130 valence electrons. The number of carbonyl (C=O) groups is 1. The highest BCUT2D eigenvalue weighted by atomic mass is 32.1. The van der Waals surface area contributed by atoms with Crippen LogP contribution in [0.5, 0.6) is 0 Å². The number of carbonyl (C=O) groups excluding carboxylic acids is 1. The average molecular weight is 365 g/mol. The summed E-state index contributed by atoms with van der Waals surface area (Å²) in [5, 5.41) is 11.4. The van der Waals surface area contributed by atoms with E-state index in [0.29, 0.717) is 6.54 Å². The minimum Gasteiger partial charge on any atom is -0.356 e. The fraction of sp³-hybridized carbons (Fsp3) is 0.412. The third-order valence-electron chi connectivity index (χ3n) is 3.40. The molecule has 2 rings (SSSR count). The lowest BCUT2D eigenvalue weighted by Gasteiger charge is -2.11. The fourth-order valence-corrected chi connectivity index (χ4v) is 3.63. The Morgan fingerprint density at radius 2 is 1.92 bits per heavy atom. The molecule has 0 spiro atoms. The van der Waals surface area contributed by atoms with Crippen molar-refractivity contribution in [3.63, 3.8) is 0 Å². The van der Waals surface area contributed by atoms with E-state index in [1.165, 1.54) is 21.1 Å². The van der Waals surface area contributed by atoms with Gasteiger partial charge in [0.05, 0.1) is 11.4 Å². The van der Waals surface area contributed by atoms with E-state index < -0.39 is 0 Å². The number of aryl methyl sites for hydroxylation is 1. The molecule has 0 aliphatic carbocycles. The van der Waals surface area contributed by atoms with E-state index >= 15 is 0 Å². The summed E-state index contributed by atoms with van der Waals surface area (Å²) < 4.78 is 0. The number of aliphatic imine (C=N–C) groups is 1. The van der Waals surface area contributed by atoms with Crippen LogP contribution in [0.1, 0.15) is 32.8 Å². The van der Waals surface area contributed by atoms with Crippen LogP contribution in [0.25, 0.3) is 0 Å². The van der Waals surface area contributed by atoms with Crippen molar-refractivity contribution in [2.45, 2.75) is 26.3 Å². The van der Waals surface area contributed by atoms with Crippen molar-refractivity contribution in [1.29, 1.82) is 0 Å². The van der Waals surface area contributed by atoms with Gasteiger partial charge in [-0.3, -0.25) is 9.79 Å². The van der Waals surface area contributed by atoms with Gasteiger partial charge in [0.25, 0.3) is 5.91 Å². The minimum absolute atomic E-state index is 0.00284. The second kappa shape index (κ2) is 10.1. The molecule has 0 atom stereocenters. The summed E-state index contributed by atoms with van der Waals surface area (Å²) in [7, 11) is 1.76. The molecule has 0 saturated heterocycles. The van der Waals surface area contributed by atoms with Crippen molar-refractivity contribution < 1.29 is 4.79 Å². The first kappa shape index (κ1) is 18.5. The largest absolute Gasteiger partial charge is 0.356 e. The van der Waals surface area contributed by atoms with Crippen molar-refractivity contribution in [3.05, 3.63) is 44.3 Å². The van der Waals surface area contributed by atoms with Gasteiger partial charge in [0, 0.05) is 29.9 Å². The monoisotopic (exact) mass is 364 g/mol. The Kier molecular flexibility index (Phi) is 7.77. The summed E-state index contributed by atoms with van der Waals surface area (Å²) in [6.07, 6.45) is 1.92. The molecule has 0 radical (unpaired) electrons. The lowest BCUT2D eigenvalue weighted by atomic mass is 10.3. The molecule has 2 heterocycles. The van der Waals surface area contributed by atoms with Gasteiger partial charge in [-0.25, -0.2) is 0 Å². The molecule has 3 N–H and O–H groups in total. The first-order chi connectivity index (χ1) is 11.7. The van der Waals surface area contributed by atoms with Crippen molar-refractivity contribution >= 4 is 34.5 Å². The van der Waals surface area contributed by atoms with E-state index in [0.717, 1.165) is 36.8 Å². The maximum absolute atomic E-state index is 11.8. The van der Waals surface area contributed by atoms with Gasteiger partial charge in [-0.05, 0) is 36.4 Å². The molecular weight excluding hydrogens is 340 g/mol. The molecule has 0 bridgehead atoms. The van der Waals surface area contributed by atoms with Crippen LogP contribution in [0, 0.1) is 0 Å². The number of rotatable bonds is 8. The predicted octanol–water partition coefficient (Wildman–Crippen LogP) is 2.86. The van der Waals surface area contributed by atoms with Gasteiger partial charge in [0.2, 0.25) is 0 Å². The Labute approximate surface area is 151 Å². The highest BCUT2D eigenvalue weighted by Gasteiger charge is 2.05. The fourth-order valence-electron chi connectivity index (χ4n) is 2.09. The Morgan fingerprint density at radius 3 is 2.58 bits per heavy atom. The van der Waals surface area contributed by atoms with Crippen molar-refractivity contribution in [3.8, 4) is 0 Å². The van der Waals surface area contributed by atoms with Crippen molar-refractivity contribution in [1.82, 2.24) is 16.0 Å². The quantitative estimate of drug-likeness (QED) is 0.383. The second-order valence-electron chi connectivity index (χ2n) is 5.16. The number of amides is 1. The molecule has 24 heavy (non-hydrogen) atoms. The Hall–Kier alpha value is -1.86. The van der Waals surface area contributed by atoms with Crippen LogP contribution >= 0.6 is 22.7 Å². The molecule has 0 aromatic carbocycles. The van der Waals surface area contributed by atoms with Gasteiger partial charge < -0.3 is 16.0 Å². The van der Waals surface area contributed by atoms with Crippen LogP contribution in [0.15, 0.2) is 34.6 Å². The third kappa shape index (κ3) is 5.98. The minimum atomic E-state index is -0.00284. The van der Waals surface area contributed by atoms with Crippen LogP contribution in [0.3, 0.4) is 0 Å². The number of nitrogens with zero attached hydrogens (tertiary/aromatic N) is 1. The second-order valence-corrected chi connectivity index (χ2v) is 7.36. The molecule has 0 unspecified atom stereocenters. The van der Waals surface area contributed by atoms with E-state index in [9.17, 15) is 4.79 Å². The zero-order valence-corrected chi connectivity index (χ0v) is 15.7. The molecule has 0 fully saturated rings. The first-order valence-corrected chi connectivity index (χ1v) is 9.76. The number of hydrogen-bond acceptors (Lipinski definition) is 4. The van der Waals surface area contributed by atoms with Gasteiger partial charge >= 0.3 is 0 Å². The number of thiophene rings is 2. The standard InChI is InChI=1S/C17H24N4OS2/c1-3-13-7-8-14(24-13)12-21-17(18-2)20-10-5-9-19-16(22)15-6-4-11-23-15/h4,6-8,11H,3,5,9-10,12H2,1-2H3,(H,19,22)(H2,18,20,21). The normalized spacial score (nSPS) is 11.3. The van der Waals surface area contributed by atoms with Crippen LogP contribution in [0.4, 0.5) is 0 Å².